The van der Waals surface area contributed by atoms with E-state index in [0.29, 0.717) is 9.80 Å². The molecule has 22 heteroatoms. The molecule has 4 heterocycles. The van der Waals surface area contributed by atoms with E-state index >= 15 is 0 Å². The van der Waals surface area contributed by atoms with Gasteiger partial charge in [0.15, 0.2) is 0 Å². The molecule has 18 nitrogen and oxygen atoms in total. The normalized spacial score (nSPS) is 11.6. The fourth-order valence-electron chi connectivity index (χ4n) is 5.62. The molecule has 70 heavy (non-hydrogen) atoms. The predicted molar refractivity (Wildman–Crippen MR) is 281 cm³/mol. The van der Waals surface area contributed by atoms with Gasteiger partial charge in [0.05, 0.1) is 0 Å². The summed E-state index contributed by atoms with van der Waals surface area (Å²) in [7, 11) is -2.44. The first kappa shape index (κ1) is 58.7. The maximum absolute atomic E-state index is 13.3. The summed E-state index contributed by atoms with van der Waals surface area (Å²) in [4.78, 5) is 110. The van der Waals surface area contributed by atoms with Crippen molar-refractivity contribution in [1.82, 2.24) is 19.9 Å². The minimum absolute atomic E-state index is 0.0455. The smallest absolute Gasteiger partial charge is 0.293 e. The van der Waals surface area contributed by atoms with Gasteiger partial charge in [0.25, 0.3) is 34.7 Å². The lowest BCUT2D eigenvalue weighted by molar-refractivity contribution is 0.0871. The summed E-state index contributed by atoms with van der Waals surface area (Å²) < 4.78 is 38.2. The number of carbonyl (C=O) groups is 4. The number of carbonyl (C=O) groups excluding carboxylic acids is 4. The summed E-state index contributed by atoms with van der Waals surface area (Å²) in [5.74, 6) is -4.27. The van der Waals surface area contributed by atoms with Crippen LogP contribution in [0.3, 0.4) is 0 Å². The van der Waals surface area contributed by atoms with E-state index in [1.54, 1.807) is 50.0 Å². The number of aromatic amines is 4. The highest BCUT2D eigenvalue weighted by molar-refractivity contribution is 7.84. The van der Waals surface area contributed by atoms with E-state index in [1.807, 2.05) is 119 Å². The molecule has 0 saturated heterocycles. The number of H-pyrrole nitrogens is 4. The number of hydrogen-bond acceptors (Lipinski definition) is 12. The highest BCUT2D eigenvalue weighted by atomic mass is 32.2. The number of amides is 4. The van der Waals surface area contributed by atoms with E-state index in [9.17, 15) is 55.2 Å². The molecule has 0 unspecified atom stereocenters. The Hall–Kier alpha value is -7.40. The average molecular weight is 1030 g/mol. The molecule has 7 aromatic rings. The summed E-state index contributed by atoms with van der Waals surface area (Å²) >= 11 is 0. The maximum Gasteiger partial charge on any atom is 0.327 e. The highest BCUT2D eigenvalue weighted by Crippen LogP contribution is 2.39. The van der Waals surface area contributed by atoms with Crippen LogP contribution < -0.4 is 32.3 Å². The van der Waals surface area contributed by atoms with Crippen LogP contribution in [0.15, 0.2) is 165 Å². The molecule has 370 valence electrons. The predicted octanol–water partition coefficient (Wildman–Crippen LogP) is 4.23. The third-order valence-electron chi connectivity index (χ3n) is 7.87. The van der Waals surface area contributed by atoms with Gasteiger partial charge >= 0.3 is 11.4 Å². The molecular formula is C48H52N6O12S4. The number of hydrogen-bond donors (Lipinski definition) is 4. The number of aromatic nitrogens is 4. The van der Waals surface area contributed by atoms with E-state index < -0.39 is 89.3 Å². The van der Waals surface area contributed by atoms with E-state index in [1.165, 1.54) is 24.3 Å². The molecule has 0 saturated carbocycles. The van der Waals surface area contributed by atoms with Crippen LogP contribution in [-0.2, 0) is 43.2 Å². The Morgan fingerprint density at radius 1 is 0.314 bits per heavy atom. The first-order valence-corrected chi connectivity index (χ1v) is 28.0. The number of benzene rings is 5. The van der Waals surface area contributed by atoms with Crippen molar-refractivity contribution in [2.75, 3.05) is 59.8 Å². The van der Waals surface area contributed by atoms with Gasteiger partial charge in [0, 0.05) is 138 Å². The third kappa shape index (κ3) is 19.7. The largest absolute Gasteiger partial charge is 0.327 e. The molecule has 0 fully saturated rings. The molecule has 9 rings (SSSR count). The zero-order chi connectivity index (χ0) is 52.5. The van der Waals surface area contributed by atoms with E-state index in [2.05, 4.69) is 9.97 Å². The molecule has 0 bridgehead atoms. The molecule has 0 aliphatic carbocycles. The van der Waals surface area contributed by atoms with Crippen LogP contribution in [0.25, 0.3) is 10.8 Å². The van der Waals surface area contributed by atoms with Crippen LogP contribution >= 0.6 is 0 Å². The Morgan fingerprint density at radius 2 is 0.486 bits per heavy atom. The van der Waals surface area contributed by atoms with Crippen LogP contribution in [0, 0.1) is 0 Å². The van der Waals surface area contributed by atoms with Gasteiger partial charge in [-0.05, 0) is 24.3 Å². The first-order valence-electron chi connectivity index (χ1n) is 20.1. The Bertz CT molecular complexity index is 2710. The van der Waals surface area contributed by atoms with Crippen molar-refractivity contribution in [3.63, 3.8) is 0 Å². The molecule has 5 aromatic carbocycles. The van der Waals surface area contributed by atoms with E-state index in [-0.39, 0.29) is 44.7 Å². The first-order chi connectivity index (χ1) is 33.1. The fraction of sp³-hybridized carbons (Fsp3) is 0.167. The van der Waals surface area contributed by atoms with Crippen molar-refractivity contribution in [2.24, 2.45) is 0 Å². The zero-order valence-electron chi connectivity index (χ0n) is 39.3. The molecular weight excluding hydrogens is 981 g/mol. The number of imide groups is 2. The van der Waals surface area contributed by atoms with Crippen LogP contribution in [0.1, 0.15) is 41.4 Å². The van der Waals surface area contributed by atoms with Crippen molar-refractivity contribution < 1.29 is 36.0 Å². The number of rotatable bonds is 2. The Balaban J connectivity index is 0.000000395. The number of nitrogens with zero attached hydrogens (tertiary/aromatic N) is 2. The lowest BCUT2D eigenvalue weighted by Crippen LogP contribution is -2.45. The second-order valence-electron chi connectivity index (χ2n) is 14.3. The second-order valence-corrected chi connectivity index (χ2v) is 20.3. The minimum Gasteiger partial charge on any atom is -0.293 e. The van der Waals surface area contributed by atoms with Gasteiger partial charge < -0.3 is 0 Å². The lowest BCUT2D eigenvalue weighted by Gasteiger charge is -2.31. The van der Waals surface area contributed by atoms with Crippen LogP contribution in [0.4, 0.5) is 11.6 Å². The second kappa shape index (κ2) is 30.2. The summed E-state index contributed by atoms with van der Waals surface area (Å²) in [5.41, 5.74) is -3.73. The molecule has 4 N–H and O–H groups in total. The Morgan fingerprint density at radius 3 is 0.643 bits per heavy atom. The third-order valence-corrected chi connectivity index (χ3v) is 7.87. The lowest BCUT2D eigenvalue weighted by atomic mass is 9.86. The van der Waals surface area contributed by atoms with Gasteiger partial charge in [-0.15, -0.1) is 0 Å². The molecule has 2 aliphatic heterocycles. The quantitative estimate of drug-likeness (QED) is 0.177. The Kier molecular flexibility index (Phi) is 25.3. The SMILES string of the molecule is CS(C)=O.CS(C)=O.CS(C)=O.CS(C)=O.O=C1c2ccc3c4c(ccc(c24)C(=O)N1c1cc(=O)[nH]c(=O)[nH]1)C(=O)N(c1cc(=O)[nH]c(=O)[nH]1)C3=O.c1ccccc1.c1ccccc1.c1ccccc1. The molecule has 0 atom stereocenters. The molecule has 4 amide bonds. The molecule has 2 aliphatic rings. The zero-order valence-corrected chi connectivity index (χ0v) is 42.5. The van der Waals surface area contributed by atoms with Crippen molar-refractivity contribution in [3.8, 4) is 0 Å². The van der Waals surface area contributed by atoms with E-state index in [0.717, 1.165) is 12.1 Å². The summed E-state index contributed by atoms with van der Waals surface area (Å²) in [6.45, 7) is 0. The summed E-state index contributed by atoms with van der Waals surface area (Å²) in [5, 5.41) is 0.0911. The number of nitrogens with one attached hydrogen (secondary N) is 4. The average Bonchev–Trinajstić information content (AvgIpc) is 3.29. The van der Waals surface area contributed by atoms with Gasteiger partial charge in [-0.2, -0.15) is 0 Å². The van der Waals surface area contributed by atoms with Gasteiger partial charge in [0.1, 0.15) is 11.6 Å². The standard InChI is InChI=1S/C22H10N6O8.3C6H6.4C2H6OS/c29-13-5-11(23-21(35)25-13)27-17(31)7-1-2-8-16-10(4-3-9(15(7)16)19(27)33)20(34)28(18(8)32)12-6-14(30)26-22(36)24-12;3*1-2-4-6-5-3-1;4*1-4(2)3/h1-6H,(H2,23,25,29,35)(H2,24,26,30,36);3*1-6H;4*1-2H3. The minimum atomic E-state index is -0.928. The van der Waals surface area contributed by atoms with Crippen LogP contribution in [0.5, 0.6) is 0 Å². The van der Waals surface area contributed by atoms with Crippen molar-refractivity contribution in [3.05, 3.63) is 210 Å². The maximum atomic E-state index is 13.3. The highest BCUT2D eigenvalue weighted by Gasteiger charge is 2.41. The molecule has 0 radical (unpaired) electrons. The van der Waals surface area contributed by atoms with Crippen LogP contribution in [0.2, 0.25) is 0 Å². The van der Waals surface area contributed by atoms with Gasteiger partial charge in [-0.3, -0.25) is 65.5 Å². The topological polar surface area (TPSA) is 274 Å². The van der Waals surface area contributed by atoms with Crippen molar-refractivity contribution in [1.29, 1.82) is 0 Å². The van der Waals surface area contributed by atoms with E-state index in [4.69, 9.17) is 0 Å². The number of anilines is 2. The molecule has 2 aromatic heterocycles. The van der Waals surface area contributed by atoms with Crippen LogP contribution in [-0.4, -0.2) is 110 Å². The molecule has 0 spiro atoms. The van der Waals surface area contributed by atoms with Crippen molar-refractivity contribution in [2.45, 2.75) is 0 Å². The fourth-order valence-corrected chi connectivity index (χ4v) is 5.62. The monoisotopic (exact) mass is 1030 g/mol. The van der Waals surface area contributed by atoms with Gasteiger partial charge in [-0.1, -0.05) is 109 Å². The van der Waals surface area contributed by atoms with Gasteiger partial charge in [0.2, 0.25) is 0 Å². The summed E-state index contributed by atoms with van der Waals surface area (Å²) in [6, 6.07) is 42.8. The Labute approximate surface area is 412 Å². The van der Waals surface area contributed by atoms with Gasteiger partial charge in [-0.25, -0.2) is 19.4 Å². The van der Waals surface area contributed by atoms with Crippen molar-refractivity contribution >= 4 is 89.2 Å². The summed E-state index contributed by atoms with van der Waals surface area (Å²) in [6.07, 6.45) is 13.1.